The normalized spacial score (nSPS) is 47.1. The molecular weight excluding hydrogens is 477 g/mol. The van der Waals surface area contributed by atoms with Gasteiger partial charge in [-0.15, -0.1) is 24.0 Å². The summed E-state index contributed by atoms with van der Waals surface area (Å²) in [5.74, 6) is 6.77. The Morgan fingerprint density at radius 1 is 1.26 bits per heavy atom. The van der Waals surface area contributed by atoms with Crippen molar-refractivity contribution in [1.82, 2.24) is 0 Å². The van der Waals surface area contributed by atoms with Crippen LogP contribution >= 0.6 is 35.6 Å². The lowest BCUT2D eigenvalue weighted by molar-refractivity contribution is -0.123. The van der Waals surface area contributed by atoms with Gasteiger partial charge in [0, 0.05) is 5.69 Å². The molecule has 5 nitrogen and oxygen atoms in total. The largest absolute Gasteiger partial charge is 0.495 e. The molecule has 4 N–H and O–H groups in total. The van der Waals surface area contributed by atoms with Crippen LogP contribution in [0.5, 0.6) is 5.75 Å². The first-order valence-electron chi connectivity index (χ1n) is 9.66. The highest BCUT2D eigenvalue weighted by atomic mass is 127. The number of aliphatic imine (C=N–C) groups is 1. The molecular formula is C20H25ClIN3O2. The molecule has 146 valence electrons. The lowest BCUT2D eigenvalue weighted by Gasteiger charge is -2.51. The molecule has 0 heterocycles. The van der Waals surface area contributed by atoms with Gasteiger partial charge < -0.3 is 20.9 Å². The first-order chi connectivity index (χ1) is 12.5. The van der Waals surface area contributed by atoms with Gasteiger partial charge in [0.15, 0.2) is 5.96 Å². The molecule has 0 saturated heterocycles. The highest BCUT2D eigenvalue weighted by Gasteiger charge is 2.84. The monoisotopic (exact) mass is 501 g/mol. The molecule has 5 fully saturated rings. The molecule has 1 aromatic carbocycles. The van der Waals surface area contributed by atoms with Crippen molar-refractivity contribution in [3.05, 3.63) is 23.2 Å². The Hall–Kier alpha value is -0.730. The lowest BCUT2D eigenvalue weighted by atomic mass is 9.56. The van der Waals surface area contributed by atoms with Crippen LogP contribution in [0.3, 0.4) is 0 Å². The number of guanidine groups is 1. The second-order valence-electron chi connectivity index (χ2n) is 9.00. The fraction of sp³-hybridized carbons (Fsp3) is 0.650. The second kappa shape index (κ2) is 5.89. The third-order valence-electron chi connectivity index (χ3n) is 8.45. The standard InChI is InChI=1S/C20H24ClN3O2.HI/c1-26-14-3-2-8(4-13(14)21)24-19(22)23-7-20(25)17-10-6-11-15-9(10)5-12(17)16(15)18(11)20;/h2-4,9-12,15-18,25H,5-7H2,1H3,(H3,22,23,24);1H. The van der Waals surface area contributed by atoms with E-state index in [0.717, 1.165) is 41.2 Å². The van der Waals surface area contributed by atoms with Gasteiger partial charge in [0.05, 0.1) is 24.3 Å². The van der Waals surface area contributed by atoms with Gasteiger partial charge in [-0.25, -0.2) is 0 Å². The summed E-state index contributed by atoms with van der Waals surface area (Å²) in [5, 5.41) is 15.2. The predicted octanol–water partition coefficient (Wildman–Crippen LogP) is 3.20. The number of benzene rings is 1. The van der Waals surface area contributed by atoms with E-state index in [1.54, 1.807) is 19.2 Å². The van der Waals surface area contributed by atoms with E-state index >= 15 is 0 Å². The summed E-state index contributed by atoms with van der Waals surface area (Å²) in [5.41, 5.74) is 6.24. The van der Waals surface area contributed by atoms with Crippen molar-refractivity contribution in [2.24, 2.45) is 58.1 Å². The average molecular weight is 502 g/mol. The molecule has 9 atom stereocenters. The van der Waals surface area contributed by atoms with Gasteiger partial charge in [-0.2, -0.15) is 0 Å². The Labute approximate surface area is 181 Å². The van der Waals surface area contributed by atoms with Gasteiger partial charge in [-0.3, -0.25) is 4.99 Å². The molecule has 2 bridgehead atoms. The first kappa shape index (κ1) is 18.3. The molecule has 0 radical (unpaired) electrons. The van der Waals surface area contributed by atoms with E-state index in [4.69, 9.17) is 22.1 Å². The van der Waals surface area contributed by atoms with Crippen LogP contribution in [0.25, 0.3) is 0 Å². The minimum atomic E-state index is -0.630. The molecule has 0 amide bonds. The van der Waals surface area contributed by atoms with Gasteiger partial charge in [0.1, 0.15) is 5.75 Å². The molecule has 9 unspecified atom stereocenters. The molecule has 7 heteroatoms. The minimum Gasteiger partial charge on any atom is -0.495 e. The highest BCUT2D eigenvalue weighted by molar-refractivity contribution is 14.0. The highest BCUT2D eigenvalue weighted by Crippen LogP contribution is 2.85. The zero-order valence-electron chi connectivity index (χ0n) is 15.1. The summed E-state index contributed by atoms with van der Waals surface area (Å²) in [6.07, 6.45) is 2.73. The maximum Gasteiger partial charge on any atom is 0.193 e. The van der Waals surface area contributed by atoms with Crippen molar-refractivity contribution < 1.29 is 9.84 Å². The Morgan fingerprint density at radius 3 is 2.74 bits per heavy atom. The van der Waals surface area contributed by atoms with E-state index in [2.05, 4.69) is 10.3 Å². The number of methoxy groups -OCH3 is 1. The number of nitrogens with one attached hydrogen (secondary N) is 1. The van der Waals surface area contributed by atoms with Crippen LogP contribution in [0, 0.1) is 47.3 Å². The summed E-state index contributed by atoms with van der Waals surface area (Å²) < 4.78 is 5.16. The Bertz CT molecular complexity index is 829. The van der Waals surface area contributed by atoms with Crippen LogP contribution in [0.2, 0.25) is 5.02 Å². The van der Waals surface area contributed by atoms with Gasteiger partial charge in [0.2, 0.25) is 0 Å². The molecule has 1 aromatic rings. The van der Waals surface area contributed by atoms with E-state index in [0.29, 0.717) is 35.1 Å². The number of nitrogens with zero attached hydrogens (tertiary/aromatic N) is 1. The van der Waals surface area contributed by atoms with E-state index in [1.807, 2.05) is 6.07 Å². The summed E-state index contributed by atoms with van der Waals surface area (Å²) in [7, 11) is 1.59. The number of rotatable bonds is 4. The summed E-state index contributed by atoms with van der Waals surface area (Å²) in [6.45, 7) is 0.421. The number of hydrogen-bond donors (Lipinski definition) is 3. The van der Waals surface area contributed by atoms with Crippen molar-refractivity contribution in [3.63, 3.8) is 0 Å². The quantitative estimate of drug-likeness (QED) is 0.336. The summed E-state index contributed by atoms with van der Waals surface area (Å²) >= 11 is 6.16. The molecule has 5 aliphatic carbocycles. The molecule has 5 saturated carbocycles. The van der Waals surface area contributed by atoms with E-state index in [1.165, 1.54) is 12.8 Å². The van der Waals surface area contributed by atoms with Crippen molar-refractivity contribution in [1.29, 1.82) is 0 Å². The SMILES string of the molecule is COc1ccc(NC(N)=NCC2(O)C3C4CC5C6C4CC3C6C52)cc1Cl.I. The first-order valence-corrected chi connectivity index (χ1v) is 10.0. The molecule has 6 rings (SSSR count). The van der Waals surface area contributed by atoms with Crippen molar-refractivity contribution in [2.75, 3.05) is 19.0 Å². The van der Waals surface area contributed by atoms with Crippen molar-refractivity contribution >= 4 is 47.2 Å². The summed E-state index contributed by atoms with van der Waals surface area (Å²) in [4.78, 5) is 4.55. The number of ether oxygens (including phenoxy) is 1. The van der Waals surface area contributed by atoms with Gasteiger partial charge >= 0.3 is 0 Å². The van der Waals surface area contributed by atoms with Crippen LogP contribution in [-0.2, 0) is 0 Å². The zero-order valence-corrected chi connectivity index (χ0v) is 18.2. The van der Waals surface area contributed by atoms with E-state index < -0.39 is 5.60 Å². The minimum absolute atomic E-state index is 0. The molecule has 0 aromatic heterocycles. The van der Waals surface area contributed by atoms with Crippen LogP contribution in [-0.4, -0.2) is 30.3 Å². The van der Waals surface area contributed by atoms with Gasteiger partial charge in [-0.05, 0) is 78.4 Å². The number of hydrogen-bond acceptors (Lipinski definition) is 3. The fourth-order valence-electron chi connectivity index (χ4n) is 8.08. The average Bonchev–Trinajstić information content (AvgIpc) is 3.12. The number of aliphatic hydroxyl groups is 1. The smallest absolute Gasteiger partial charge is 0.193 e. The second-order valence-corrected chi connectivity index (χ2v) is 9.41. The Kier molecular flexibility index (Phi) is 3.99. The third kappa shape index (κ3) is 2.12. The van der Waals surface area contributed by atoms with Crippen LogP contribution in [0.15, 0.2) is 23.2 Å². The fourth-order valence-corrected chi connectivity index (χ4v) is 8.34. The molecule has 27 heavy (non-hydrogen) atoms. The number of anilines is 1. The number of fused-ring (bicyclic) bond motifs is 2. The third-order valence-corrected chi connectivity index (χ3v) is 8.74. The van der Waals surface area contributed by atoms with Crippen LogP contribution in [0.4, 0.5) is 5.69 Å². The topological polar surface area (TPSA) is 79.9 Å². The maximum absolute atomic E-state index is 11.6. The number of halogens is 2. The number of nitrogens with two attached hydrogens (primary N) is 1. The lowest BCUT2D eigenvalue weighted by Crippen LogP contribution is -2.56. The van der Waals surface area contributed by atoms with Crippen LogP contribution < -0.4 is 15.8 Å². The molecule has 0 aliphatic heterocycles. The zero-order chi connectivity index (χ0) is 17.8. The van der Waals surface area contributed by atoms with Crippen LogP contribution in [0.1, 0.15) is 12.8 Å². The molecule has 0 spiro atoms. The van der Waals surface area contributed by atoms with Gasteiger partial charge in [0.25, 0.3) is 0 Å². The Balaban J connectivity index is 0.00000160. The Morgan fingerprint density at radius 2 is 2.00 bits per heavy atom. The van der Waals surface area contributed by atoms with E-state index in [-0.39, 0.29) is 24.0 Å². The van der Waals surface area contributed by atoms with Gasteiger partial charge in [-0.1, -0.05) is 11.6 Å². The predicted molar refractivity (Wildman–Crippen MR) is 116 cm³/mol. The molecule has 5 aliphatic rings. The summed E-state index contributed by atoms with van der Waals surface area (Å²) in [6, 6.07) is 5.41. The maximum atomic E-state index is 11.6. The van der Waals surface area contributed by atoms with Crippen molar-refractivity contribution in [3.8, 4) is 5.75 Å². The van der Waals surface area contributed by atoms with Crippen molar-refractivity contribution in [2.45, 2.75) is 18.4 Å². The van der Waals surface area contributed by atoms with E-state index in [9.17, 15) is 5.11 Å².